The molecule has 5 rings (SSSR count). The van der Waals surface area contributed by atoms with E-state index in [0.717, 1.165) is 34.6 Å². The highest BCUT2D eigenvalue weighted by molar-refractivity contribution is 7.11. The number of anilines is 2. The molecule has 0 radical (unpaired) electrons. The number of benzene rings is 2. The molecule has 3 heterocycles. The van der Waals surface area contributed by atoms with E-state index < -0.39 is 0 Å². The highest BCUT2D eigenvalue weighted by atomic mass is 32.1. The van der Waals surface area contributed by atoms with Crippen LogP contribution in [0.2, 0.25) is 0 Å². The van der Waals surface area contributed by atoms with Crippen molar-refractivity contribution >= 4 is 34.0 Å². The third kappa shape index (κ3) is 5.74. The van der Waals surface area contributed by atoms with Gasteiger partial charge in [0, 0.05) is 34.1 Å². The number of ether oxygens (including phenoxy) is 1. The molecule has 3 aromatic heterocycles. The minimum atomic E-state index is -0.0523. The van der Waals surface area contributed by atoms with Gasteiger partial charge in [-0.1, -0.05) is 45.0 Å². The average molecular weight is 526 g/mol. The van der Waals surface area contributed by atoms with E-state index in [-0.39, 0.29) is 11.5 Å². The van der Waals surface area contributed by atoms with Gasteiger partial charge in [-0.2, -0.15) is 0 Å². The first kappa shape index (κ1) is 25.9. The van der Waals surface area contributed by atoms with Gasteiger partial charge in [-0.3, -0.25) is 4.90 Å². The molecule has 2 aromatic carbocycles. The van der Waals surface area contributed by atoms with Crippen LogP contribution in [0.5, 0.6) is 11.6 Å². The third-order valence-electron chi connectivity index (χ3n) is 6.78. The number of hydrogen-bond donors (Lipinski definition) is 2. The maximum absolute atomic E-state index is 6.32. The first-order valence-electron chi connectivity index (χ1n) is 12.9. The summed E-state index contributed by atoms with van der Waals surface area (Å²) in [5.74, 6) is 1.95. The zero-order valence-electron chi connectivity index (χ0n) is 22.9. The van der Waals surface area contributed by atoms with E-state index in [0.29, 0.717) is 11.8 Å². The van der Waals surface area contributed by atoms with Crippen molar-refractivity contribution in [2.45, 2.75) is 52.6 Å². The normalized spacial score (nSPS) is 12.7. The fourth-order valence-corrected chi connectivity index (χ4v) is 5.48. The van der Waals surface area contributed by atoms with E-state index in [9.17, 15) is 0 Å². The Kier molecular flexibility index (Phi) is 7.23. The molecule has 0 spiro atoms. The van der Waals surface area contributed by atoms with E-state index in [2.05, 4.69) is 98.2 Å². The highest BCUT2D eigenvalue weighted by Crippen LogP contribution is 2.36. The van der Waals surface area contributed by atoms with E-state index in [4.69, 9.17) is 9.72 Å². The van der Waals surface area contributed by atoms with E-state index in [1.54, 1.807) is 6.20 Å². The Morgan fingerprint density at radius 2 is 1.87 bits per heavy atom. The summed E-state index contributed by atoms with van der Waals surface area (Å²) in [5.41, 5.74) is 4.96. The number of fused-ring (bicyclic) bond motifs is 1. The molecule has 1 atom stereocenters. The van der Waals surface area contributed by atoms with Gasteiger partial charge in [0.05, 0.1) is 11.0 Å². The lowest BCUT2D eigenvalue weighted by atomic mass is 9.86. The fraction of sp³-hybridized carbons (Fsp3) is 0.290. The molecule has 0 aliphatic rings. The van der Waals surface area contributed by atoms with Crippen LogP contribution < -0.4 is 10.1 Å². The number of aromatic amines is 1. The Bertz CT molecular complexity index is 1550. The standard InChI is InChI=1S/C31H35N5OS/c1-20-13-15-23(38-20)19-36(6)21(2)22-14-16-25-27(18-22)35-30(33-25)34-26-11-9-17-32-29(26)37-28-12-8-7-10-24(28)31(3,4)5/h7-18,21H,19H2,1-6H3,(H2,33,34,35). The van der Waals surface area contributed by atoms with Crippen LogP contribution in [0.3, 0.4) is 0 Å². The second kappa shape index (κ2) is 10.6. The quantitative estimate of drug-likeness (QED) is 0.213. The highest BCUT2D eigenvalue weighted by Gasteiger charge is 2.20. The Morgan fingerprint density at radius 1 is 1.05 bits per heavy atom. The number of aromatic nitrogens is 3. The van der Waals surface area contributed by atoms with Gasteiger partial charge in [0.1, 0.15) is 11.4 Å². The van der Waals surface area contributed by atoms with Gasteiger partial charge in [0.15, 0.2) is 0 Å². The van der Waals surface area contributed by atoms with Crippen LogP contribution in [0.25, 0.3) is 11.0 Å². The number of pyridine rings is 1. The van der Waals surface area contributed by atoms with Crippen LogP contribution >= 0.6 is 11.3 Å². The summed E-state index contributed by atoms with van der Waals surface area (Å²) in [5, 5.41) is 3.38. The number of H-pyrrole nitrogens is 1. The maximum Gasteiger partial charge on any atom is 0.243 e. The number of rotatable bonds is 8. The molecule has 0 aliphatic heterocycles. The van der Waals surface area contributed by atoms with E-state index >= 15 is 0 Å². The van der Waals surface area contributed by atoms with Crippen LogP contribution in [0.1, 0.15) is 54.6 Å². The van der Waals surface area contributed by atoms with Crippen molar-refractivity contribution in [1.29, 1.82) is 0 Å². The summed E-state index contributed by atoms with van der Waals surface area (Å²) >= 11 is 1.86. The van der Waals surface area contributed by atoms with Crippen LogP contribution in [0, 0.1) is 6.92 Å². The van der Waals surface area contributed by atoms with Crippen molar-refractivity contribution in [3.05, 3.63) is 93.8 Å². The number of aryl methyl sites for hydroxylation is 1. The molecule has 0 saturated carbocycles. The second-order valence-electron chi connectivity index (χ2n) is 10.8. The van der Waals surface area contributed by atoms with E-state index in [1.165, 1.54) is 15.3 Å². The molecule has 0 saturated heterocycles. The van der Waals surface area contributed by atoms with Crippen molar-refractivity contribution in [2.24, 2.45) is 0 Å². The van der Waals surface area contributed by atoms with Crippen molar-refractivity contribution in [2.75, 3.05) is 12.4 Å². The number of para-hydroxylation sites is 1. The summed E-state index contributed by atoms with van der Waals surface area (Å²) in [6.07, 6.45) is 1.74. The Labute approximate surface area is 228 Å². The van der Waals surface area contributed by atoms with Gasteiger partial charge in [-0.15, -0.1) is 11.3 Å². The van der Waals surface area contributed by atoms with Crippen LogP contribution in [0.15, 0.2) is 72.9 Å². The topological polar surface area (TPSA) is 66.1 Å². The lowest BCUT2D eigenvalue weighted by Gasteiger charge is -2.24. The van der Waals surface area contributed by atoms with E-state index in [1.807, 2.05) is 41.7 Å². The second-order valence-corrected chi connectivity index (χ2v) is 12.2. The van der Waals surface area contributed by atoms with Crippen LogP contribution in [-0.4, -0.2) is 26.9 Å². The minimum absolute atomic E-state index is 0.0523. The van der Waals surface area contributed by atoms with Crippen molar-refractivity contribution in [3.8, 4) is 11.6 Å². The van der Waals surface area contributed by atoms with Crippen LogP contribution in [-0.2, 0) is 12.0 Å². The number of nitrogens with zero attached hydrogens (tertiary/aromatic N) is 3. The molecular formula is C31H35N5OS. The summed E-state index contributed by atoms with van der Waals surface area (Å²) in [7, 11) is 2.17. The Hall–Kier alpha value is -3.68. The van der Waals surface area contributed by atoms with Gasteiger partial charge in [-0.25, -0.2) is 9.97 Å². The Morgan fingerprint density at radius 3 is 2.63 bits per heavy atom. The van der Waals surface area contributed by atoms with Crippen molar-refractivity contribution < 1.29 is 4.74 Å². The summed E-state index contributed by atoms with van der Waals surface area (Å²) in [6.45, 7) is 11.9. The molecule has 196 valence electrons. The molecule has 38 heavy (non-hydrogen) atoms. The Balaban J connectivity index is 1.35. The largest absolute Gasteiger partial charge is 0.437 e. The predicted molar refractivity (Wildman–Crippen MR) is 158 cm³/mol. The molecular weight excluding hydrogens is 490 g/mol. The maximum atomic E-state index is 6.32. The van der Waals surface area contributed by atoms with Gasteiger partial charge in [0.25, 0.3) is 0 Å². The molecule has 0 aliphatic carbocycles. The van der Waals surface area contributed by atoms with Crippen molar-refractivity contribution in [3.63, 3.8) is 0 Å². The smallest absolute Gasteiger partial charge is 0.243 e. The molecule has 0 fully saturated rings. The first-order chi connectivity index (χ1) is 18.2. The monoisotopic (exact) mass is 525 g/mol. The molecule has 5 aromatic rings. The number of nitrogens with one attached hydrogen (secondary N) is 2. The molecule has 6 nitrogen and oxygen atoms in total. The number of hydrogen-bond acceptors (Lipinski definition) is 6. The molecule has 0 bridgehead atoms. The SMILES string of the molecule is Cc1ccc(CN(C)C(C)c2ccc3nc(Nc4cccnc4Oc4ccccc4C(C)(C)C)[nH]c3c2)s1. The molecule has 7 heteroatoms. The number of imidazole rings is 1. The van der Waals surface area contributed by atoms with Gasteiger partial charge in [0.2, 0.25) is 11.8 Å². The predicted octanol–water partition coefficient (Wildman–Crippen LogP) is 8.35. The minimum Gasteiger partial charge on any atom is -0.437 e. The summed E-state index contributed by atoms with van der Waals surface area (Å²) in [4.78, 5) is 17.8. The average Bonchev–Trinajstić information content (AvgIpc) is 3.48. The van der Waals surface area contributed by atoms with Crippen molar-refractivity contribution in [1.82, 2.24) is 19.9 Å². The van der Waals surface area contributed by atoms with Gasteiger partial charge >= 0.3 is 0 Å². The zero-order valence-corrected chi connectivity index (χ0v) is 23.7. The summed E-state index contributed by atoms with van der Waals surface area (Å²) < 4.78 is 6.32. The molecule has 2 N–H and O–H groups in total. The van der Waals surface area contributed by atoms with Crippen LogP contribution in [0.4, 0.5) is 11.6 Å². The lowest BCUT2D eigenvalue weighted by Crippen LogP contribution is -2.21. The zero-order chi connectivity index (χ0) is 26.9. The molecule has 0 amide bonds. The molecule has 1 unspecified atom stereocenters. The number of thiophene rings is 1. The lowest BCUT2D eigenvalue weighted by molar-refractivity contribution is 0.255. The summed E-state index contributed by atoms with van der Waals surface area (Å²) in [6, 6.07) is 23.0. The third-order valence-corrected chi connectivity index (χ3v) is 7.76. The van der Waals surface area contributed by atoms with Gasteiger partial charge < -0.3 is 15.0 Å². The first-order valence-corrected chi connectivity index (χ1v) is 13.7. The van der Waals surface area contributed by atoms with Gasteiger partial charge in [-0.05, 0) is 74.3 Å². The fourth-order valence-electron chi connectivity index (χ4n) is 4.53.